The predicted octanol–water partition coefficient (Wildman–Crippen LogP) is -0.653. The minimum atomic E-state index is 0.304. The molecule has 0 aliphatic carbocycles. The van der Waals surface area contributed by atoms with E-state index in [0.29, 0.717) is 12.1 Å². The standard InChI is InChI=1S/C16H31N5O2/c1-17-16(18-4-2-9-23-15-3-10-22-13-15)19-11-14-12-20-5-7-21(14)8-6-20/h14-15H,2-13H2,1H3,(H2,17,18,19). The summed E-state index contributed by atoms with van der Waals surface area (Å²) >= 11 is 0. The van der Waals surface area contributed by atoms with Crippen molar-refractivity contribution in [1.82, 2.24) is 20.4 Å². The van der Waals surface area contributed by atoms with Gasteiger partial charge in [0.05, 0.1) is 12.7 Å². The Hall–Kier alpha value is -0.890. The molecule has 2 N–H and O–H groups in total. The molecule has 0 spiro atoms. The molecule has 0 radical (unpaired) electrons. The predicted molar refractivity (Wildman–Crippen MR) is 91.0 cm³/mol. The third-order valence-corrected chi connectivity index (χ3v) is 4.98. The van der Waals surface area contributed by atoms with Crippen molar-refractivity contribution in [2.24, 2.45) is 4.99 Å². The minimum absolute atomic E-state index is 0.304. The zero-order valence-electron chi connectivity index (χ0n) is 14.3. The van der Waals surface area contributed by atoms with Crippen LogP contribution in [0.2, 0.25) is 0 Å². The topological polar surface area (TPSA) is 61.4 Å². The highest BCUT2D eigenvalue weighted by atomic mass is 16.5. The van der Waals surface area contributed by atoms with Gasteiger partial charge in [-0.05, 0) is 12.8 Å². The maximum atomic E-state index is 5.77. The number of nitrogens with zero attached hydrogens (tertiary/aromatic N) is 3. The van der Waals surface area contributed by atoms with Crippen molar-refractivity contribution in [2.45, 2.75) is 25.0 Å². The highest BCUT2D eigenvalue weighted by Crippen LogP contribution is 2.14. The van der Waals surface area contributed by atoms with Crippen molar-refractivity contribution in [3.05, 3.63) is 0 Å². The molecule has 4 aliphatic heterocycles. The number of hydrogen-bond donors (Lipinski definition) is 2. The van der Waals surface area contributed by atoms with Crippen molar-refractivity contribution in [1.29, 1.82) is 0 Å². The number of hydrogen-bond acceptors (Lipinski definition) is 5. The Kier molecular flexibility index (Phi) is 6.50. The van der Waals surface area contributed by atoms with Gasteiger partial charge in [-0.3, -0.25) is 14.8 Å². The van der Waals surface area contributed by atoms with E-state index in [1.165, 1.54) is 32.7 Å². The molecule has 7 heteroatoms. The number of piperazine rings is 3. The van der Waals surface area contributed by atoms with Gasteiger partial charge in [-0.15, -0.1) is 0 Å². The molecule has 2 bridgehead atoms. The second-order valence-corrected chi connectivity index (χ2v) is 6.58. The van der Waals surface area contributed by atoms with Gasteiger partial charge in [-0.2, -0.15) is 0 Å². The summed E-state index contributed by atoms with van der Waals surface area (Å²) in [5.41, 5.74) is 0. The Morgan fingerprint density at radius 2 is 2.13 bits per heavy atom. The van der Waals surface area contributed by atoms with E-state index in [4.69, 9.17) is 9.47 Å². The van der Waals surface area contributed by atoms with Crippen molar-refractivity contribution in [3.8, 4) is 0 Å². The highest BCUT2D eigenvalue weighted by molar-refractivity contribution is 5.79. The van der Waals surface area contributed by atoms with E-state index in [9.17, 15) is 0 Å². The lowest BCUT2D eigenvalue weighted by atomic mass is 10.1. The molecule has 132 valence electrons. The van der Waals surface area contributed by atoms with Gasteiger partial charge in [0.2, 0.25) is 0 Å². The first-order chi connectivity index (χ1) is 11.3. The molecule has 0 saturated carbocycles. The number of aliphatic imine (C=N–C) groups is 1. The molecule has 4 aliphatic rings. The van der Waals surface area contributed by atoms with E-state index in [1.54, 1.807) is 0 Å². The normalized spacial score (nSPS) is 33.9. The lowest BCUT2D eigenvalue weighted by Gasteiger charge is -2.47. The fourth-order valence-electron chi connectivity index (χ4n) is 3.53. The van der Waals surface area contributed by atoms with Crippen LogP contribution < -0.4 is 10.6 Å². The SMILES string of the molecule is CN=C(NCCCOC1CCOC1)NCC1CN2CCN1CC2. The molecule has 2 atom stereocenters. The van der Waals surface area contributed by atoms with Gasteiger partial charge in [0.1, 0.15) is 0 Å². The van der Waals surface area contributed by atoms with Gasteiger partial charge in [0.25, 0.3) is 0 Å². The van der Waals surface area contributed by atoms with Crippen LogP contribution in [0, 0.1) is 0 Å². The summed E-state index contributed by atoms with van der Waals surface area (Å²) in [5.74, 6) is 0.895. The number of rotatable bonds is 7. The van der Waals surface area contributed by atoms with Crippen molar-refractivity contribution in [3.63, 3.8) is 0 Å². The Labute approximate surface area is 139 Å². The third kappa shape index (κ3) is 5.04. The first kappa shape index (κ1) is 17.0. The van der Waals surface area contributed by atoms with Crippen LogP contribution in [0.3, 0.4) is 0 Å². The van der Waals surface area contributed by atoms with Crippen molar-refractivity contribution < 1.29 is 9.47 Å². The molecular formula is C16H31N5O2. The quantitative estimate of drug-likeness (QED) is 0.368. The van der Waals surface area contributed by atoms with Gasteiger partial charge >= 0.3 is 0 Å². The molecule has 0 aromatic carbocycles. The summed E-state index contributed by atoms with van der Waals surface area (Å²) in [6, 6.07) is 0.613. The lowest BCUT2D eigenvalue weighted by Crippen LogP contribution is -2.63. The van der Waals surface area contributed by atoms with Crippen LogP contribution in [0.25, 0.3) is 0 Å². The van der Waals surface area contributed by atoms with Crippen LogP contribution in [0.15, 0.2) is 4.99 Å². The molecule has 4 rings (SSSR count). The zero-order chi connectivity index (χ0) is 15.9. The van der Waals surface area contributed by atoms with E-state index < -0.39 is 0 Å². The van der Waals surface area contributed by atoms with E-state index in [2.05, 4.69) is 25.4 Å². The van der Waals surface area contributed by atoms with Gasteiger partial charge in [-0.25, -0.2) is 0 Å². The van der Waals surface area contributed by atoms with Crippen LogP contribution in [-0.2, 0) is 9.47 Å². The molecule has 7 nitrogen and oxygen atoms in total. The van der Waals surface area contributed by atoms with E-state index in [-0.39, 0.29) is 0 Å². The van der Waals surface area contributed by atoms with E-state index >= 15 is 0 Å². The Morgan fingerprint density at radius 3 is 2.78 bits per heavy atom. The molecule has 2 unspecified atom stereocenters. The van der Waals surface area contributed by atoms with Gasteiger partial charge in [-0.1, -0.05) is 0 Å². The van der Waals surface area contributed by atoms with Crippen LogP contribution in [-0.4, -0.2) is 101 Å². The summed E-state index contributed by atoms with van der Waals surface area (Å²) in [4.78, 5) is 9.47. The summed E-state index contributed by atoms with van der Waals surface area (Å²) < 4.78 is 11.1. The van der Waals surface area contributed by atoms with Gasteiger partial charge < -0.3 is 20.1 Å². The van der Waals surface area contributed by atoms with Crippen LogP contribution in [0.1, 0.15) is 12.8 Å². The fraction of sp³-hybridized carbons (Fsp3) is 0.938. The first-order valence-electron chi connectivity index (χ1n) is 8.95. The van der Waals surface area contributed by atoms with E-state index in [1.807, 2.05) is 7.05 Å². The maximum Gasteiger partial charge on any atom is 0.191 e. The van der Waals surface area contributed by atoms with Gasteiger partial charge in [0.15, 0.2) is 5.96 Å². The average Bonchev–Trinajstić information content (AvgIpc) is 3.12. The van der Waals surface area contributed by atoms with Gasteiger partial charge in [0, 0.05) is 72.1 Å². The number of guanidine groups is 1. The lowest BCUT2D eigenvalue weighted by molar-refractivity contribution is 0.0154. The highest BCUT2D eigenvalue weighted by Gasteiger charge is 2.31. The van der Waals surface area contributed by atoms with Crippen LogP contribution in [0.4, 0.5) is 0 Å². The molecule has 0 amide bonds. The van der Waals surface area contributed by atoms with Crippen molar-refractivity contribution >= 4 is 5.96 Å². The largest absolute Gasteiger partial charge is 0.379 e. The smallest absolute Gasteiger partial charge is 0.191 e. The Bertz CT molecular complexity index is 379. The number of fused-ring (bicyclic) bond motifs is 3. The molecule has 0 aromatic rings. The first-order valence-corrected chi connectivity index (χ1v) is 8.95. The Morgan fingerprint density at radius 1 is 1.26 bits per heavy atom. The van der Waals surface area contributed by atoms with Crippen LogP contribution in [0.5, 0.6) is 0 Å². The molecular weight excluding hydrogens is 294 g/mol. The molecule has 23 heavy (non-hydrogen) atoms. The second-order valence-electron chi connectivity index (χ2n) is 6.58. The molecule has 0 aromatic heterocycles. The summed E-state index contributed by atoms with van der Waals surface area (Å²) in [5, 5.41) is 6.84. The summed E-state index contributed by atoms with van der Waals surface area (Å²) in [6.45, 7) is 10.3. The summed E-state index contributed by atoms with van der Waals surface area (Å²) in [7, 11) is 1.83. The number of nitrogens with one attached hydrogen (secondary N) is 2. The molecule has 4 saturated heterocycles. The Balaban J connectivity index is 1.26. The molecule has 4 fully saturated rings. The average molecular weight is 325 g/mol. The van der Waals surface area contributed by atoms with Crippen molar-refractivity contribution in [2.75, 3.05) is 72.7 Å². The third-order valence-electron chi connectivity index (χ3n) is 4.98. The fourth-order valence-corrected chi connectivity index (χ4v) is 3.53. The second kappa shape index (κ2) is 8.82. The molecule has 4 heterocycles. The zero-order valence-corrected chi connectivity index (χ0v) is 14.3. The minimum Gasteiger partial charge on any atom is -0.379 e. The van der Waals surface area contributed by atoms with E-state index in [0.717, 1.165) is 51.7 Å². The van der Waals surface area contributed by atoms with Crippen LogP contribution >= 0.6 is 0 Å². The maximum absolute atomic E-state index is 5.77. The monoisotopic (exact) mass is 325 g/mol. The summed E-state index contributed by atoms with van der Waals surface area (Å²) in [6.07, 6.45) is 2.32. The number of ether oxygens (including phenoxy) is 2.